The SMILES string of the molecule is COc1cc(C(=O)Nc2cnc3c(cnn3C(C)C)c2)cc(OC)c1OC. The van der Waals surface area contributed by atoms with Crippen molar-refractivity contribution in [3.8, 4) is 17.2 Å². The molecule has 0 atom stereocenters. The van der Waals surface area contributed by atoms with Gasteiger partial charge in [0.25, 0.3) is 5.91 Å². The summed E-state index contributed by atoms with van der Waals surface area (Å²) in [5.74, 6) is 0.940. The molecular formula is C19H22N4O4. The van der Waals surface area contributed by atoms with Gasteiger partial charge < -0.3 is 19.5 Å². The lowest BCUT2D eigenvalue weighted by Crippen LogP contribution is -2.13. The lowest BCUT2D eigenvalue weighted by Gasteiger charge is -2.14. The fourth-order valence-corrected chi connectivity index (χ4v) is 2.80. The first-order valence-electron chi connectivity index (χ1n) is 8.43. The Balaban J connectivity index is 1.90. The highest BCUT2D eigenvalue weighted by atomic mass is 16.5. The van der Waals surface area contributed by atoms with Crippen LogP contribution in [0.3, 0.4) is 0 Å². The average molecular weight is 370 g/mol. The van der Waals surface area contributed by atoms with Crippen molar-refractivity contribution in [2.24, 2.45) is 0 Å². The van der Waals surface area contributed by atoms with Gasteiger partial charge in [-0.1, -0.05) is 0 Å². The predicted octanol–water partition coefficient (Wildman–Crippen LogP) is 3.29. The van der Waals surface area contributed by atoms with Gasteiger partial charge in [0.2, 0.25) is 5.75 Å². The lowest BCUT2D eigenvalue weighted by atomic mass is 10.1. The molecular weight excluding hydrogens is 348 g/mol. The highest BCUT2D eigenvalue weighted by Gasteiger charge is 2.17. The highest BCUT2D eigenvalue weighted by Crippen LogP contribution is 2.38. The Morgan fingerprint density at radius 1 is 1.04 bits per heavy atom. The first-order chi connectivity index (χ1) is 13.0. The summed E-state index contributed by atoms with van der Waals surface area (Å²) in [6, 6.07) is 5.23. The second-order valence-electron chi connectivity index (χ2n) is 6.19. The van der Waals surface area contributed by atoms with E-state index in [2.05, 4.69) is 15.4 Å². The van der Waals surface area contributed by atoms with Gasteiger partial charge in [-0.15, -0.1) is 0 Å². The molecule has 8 heteroatoms. The molecule has 0 aliphatic rings. The topological polar surface area (TPSA) is 87.5 Å². The molecule has 0 saturated carbocycles. The maximum atomic E-state index is 12.7. The van der Waals surface area contributed by atoms with Crippen LogP contribution in [0.5, 0.6) is 17.2 Å². The van der Waals surface area contributed by atoms with Crippen LogP contribution >= 0.6 is 0 Å². The molecule has 1 aromatic carbocycles. The fraction of sp³-hybridized carbons (Fsp3) is 0.316. The van der Waals surface area contributed by atoms with Crippen molar-refractivity contribution in [1.29, 1.82) is 0 Å². The minimum absolute atomic E-state index is 0.203. The lowest BCUT2D eigenvalue weighted by molar-refractivity contribution is 0.102. The Morgan fingerprint density at radius 3 is 2.26 bits per heavy atom. The van der Waals surface area contributed by atoms with Gasteiger partial charge in [0, 0.05) is 17.0 Å². The van der Waals surface area contributed by atoms with E-state index in [1.165, 1.54) is 21.3 Å². The monoisotopic (exact) mass is 370 g/mol. The van der Waals surface area contributed by atoms with Gasteiger partial charge in [-0.25, -0.2) is 9.67 Å². The smallest absolute Gasteiger partial charge is 0.255 e. The maximum absolute atomic E-state index is 12.7. The molecule has 1 amide bonds. The van der Waals surface area contributed by atoms with E-state index in [4.69, 9.17) is 14.2 Å². The number of carbonyl (C=O) groups excluding carboxylic acids is 1. The van der Waals surface area contributed by atoms with Crippen molar-refractivity contribution in [3.63, 3.8) is 0 Å². The number of fused-ring (bicyclic) bond motifs is 1. The van der Waals surface area contributed by atoms with E-state index in [0.717, 1.165) is 11.0 Å². The van der Waals surface area contributed by atoms with Crippen LogP contribution in [0.25, 0.3) is 11.0 Å². The molecule has 0 unspecified atom stereocenters. The molecule has 0 aliphatic carbocycles. The van der Waals surface area contributed by atoms with Crippen LogP contribution in [0.15, 0.2) is 30.6 Å². The van der Waals surface area contributed by atoms with Gasteiger partial charge >= 0.3 is 0 Å². The van der Waals surface area contributed by atoms with E-state index in [9.17, 15) is 4.79 Å². The predicted molar refractivity (Wildman–Crippen MR) is 102 cm³/mol. The molecule has 0 radical (unpaired) electrons. The number of pyridine rings is 1. The zero-order valence-corrected chi connectivity index (χ0v) is 15.9. The normalized spacial score (nSPS) is 10.9. The molecule has 3 rings (SSSR count). The first-order valence-corrected chi connectivity index (χ1v) is 8.43. The summed E-state index contributed by atoms with van der Waals surface area (Å²) < 4.78 is 17.7. The van der Waals surface area contributed by atoms with E-state index >= 15 is 0 Å². The largest absolute Gasteiger partial charge is 0.493 e. The molecule has 0 fully saturated rings. The van der Waals surface area contributed by atoms with Gasteiger partial charge in [0.15, 0.2) is 17.1 Å². The van der Waals surface area contributed by atoms with Crippen LogP contribution in [0, 0.1) is 0 Å². The Hall–Kier alpha value is -3.29. The third kappa shape index (κ3) is 3.51. The Bertz CT molecular complexity index is 956. The third-order valence-electron chi connectivity index (χ3n) is 4.11. The van der Waals surface area contributed by atoms with Gasteiger partial charge in [0.1, 0.15) is 0 Å². The Morgan fingerprint density at radius 2 is 1.70 bits per heavy atom. The number of hydrogen-bond donors (Lipinski definition) is 1. The van der Waals surface area contributed by atoms with Crippen molar-refractivity contribution in [1.82, 2.24) is 14.8 Å². The zero-order chi connectivity index (χ0) is 19.6. The first kappa shape index (κ1) is 18.5. The molecule has 27 heavy (non-hydrogen) atoms. The van der Waals surface area contributed by atoms with Crippen molar-refractivity contribution in [2.75, 3.05) is 26.6 Å². The van der Waals surface area contributed by atoms with Crippen molar-refractivity contribution >= 4 is 22.6 Å². The van der Waals surface area contributed by atoms with Gasteiger partial charge in [-0.05, 0) is 32.0 Å². The summed E-state index contributed by atoms with van der Waals surface area (Å²) in [4.78, 5) is 17.1. The number of carbonyl (C=O) groups is 1. The van der Waals surface area contributed by atoms with E-state index in [1.807, 2.05) is 24.6 Å². The van der Waals surface area contributed by atoms with E-state index in [-0.39, 0.29) is 11.9 Å². The number of amides is 1. The molecule has 2 aromatic heterocycles. The maximum Gasteiger partial charge on any atom is 0.255 e. The summed E-state index contributed by atoms with van der Waals surface area (Å²) in [5, 5.41) is 8.02. The summed E-state index contributed by atoms with van der Waals surface area (Å²) in [6.07, 6.45) is 3.34. The quantitative estimate of drug-likeness (QED) is 0.716. The molecule has 0 aliphatic heterocycles. The molecule has 2 heterocycles. The molecule has 8 nitrogen and oxygen atoms in total. The minimum Gasteiger partial charge on any atom is -0.493 e. The number of ether oxygens (including phenoxy) is 3. The number of methoxy groups -OCH3 is 3. The van der Waals surface area contributed by atoms with Crippen LogP contribution < -0.4 is 19.5 Å². The molecule has 142 valence electrons. The zero-order valence-electron chi connectivity index (χ0n) is 15.9. The highest BCUT2D eigenvalue weighted by molar-refractivity contribution is 6.05. The number of rotatable bonds is 6. The van der Waals surface area contributed by atoms with E-state index in [0.29, 0.717) is 28.5 Å². The minimum atomic E-state index is -0.313. The number of nitrogens with one attached hydrogen (secondary N) is 1. The van der Waals surface area contributed by atoms with Crippen LogP contribution in [-0.4, -0.2) is 42.0 Å². The second kappa shape index (κ2) is 7.53. The standard InChI is InChI=1S/C19H22N4O4/c1-11(2)23-18-13(9-21-23)6-14(10-20-18)22-19(24)12-7-15(25-3)17(27-5)16(8-12)26-4/h6-11H,1-5H3,(H,22,24). The summed E-state index contributed by atoms with van der Waals surface area (Å²) in [7, 11) is 4.52. The Labute approximate surface area is 157 Å². The summed E-state index contributed by atoms with van der Waals surface area (Å²) in [6.45, 7) is 4.07. The van der Waals surface area contributed by atoms with Crippen molar-refractivity contribution < 1.29 is 19.0 Å². The summed E-state index contributed by atoms with van der Waals surface area (Å²) in [5.41, 5.74) is 1.72. The number of anilines is 1. The fourth-order valence-electron chi connectivity index (χ4n) is 2.80. The number of aromatic nitrogens is 3. The van der Waals surface area contributed by atoms with Gasteiger partial charge in [-0.2, -0.15) is 5.10 Å². The van der Waals surface area contributed by atoms with Crippen LogP contribution in [-0.2, 0) is 0 Å². The van der Waals surface area contributed by atoms with Crippen molar-refractivity contribution in [3.05, 3.63) is 36.2 Å². The molecule has 3 aromatic rings. The number of benzene rings is 1. The van der Waals surface area contributed by atoms with Crippen LogP contribution in [0.1, 0.15) is 30.2 Å². The molecule has 0 saturated heterocycles. The van der Waals surface area contributed by atoms with Crippen molar-refractivity contribution in [2.45, 2.75) is 19.9 Å². The molecule has 0 bridgehead atoms. The van der Waals surface area contributed by atoms with Gasteiger partial charge in [-0.3, -0.25) is 4.79 Å². The molecule has 1 N–H and O–H groups in total. The molecule has 0 spiro atoms. The second-order valence-corrected chi connectivity index (χ2v) is 6.19. The number of hydrogen-bond acceptors (Lipinski definition) is 6. The van der Waals surface area contributed by atoms with Crippen LogP contribution in [0.2, 0.25) is 0 Å². The number of nitrogens with zero attached hydrogens (tertiary/aromatic N) is 3. The van der Waals surface area contributed by atoms with E-state index < -0.39 is 0 Å². The van der Waals surface area contributed by atoms with Crippen LogP contribution in [0.4, 0.5) is 5.69 Å². The Kier molecular flexibility index (Phi) is 5.16. The summed E-state index contributed by atoms with van der Waals surface area (Å²) >= 11 is 0. The van der Waals surface area contributed by atoms with E-state index in [1.54, 1.807) is 24.5 Å². The third-order valence-corrected chi connectivity index (χ3v) is 4.11. The van der Waals surface area contributed by atoms with Gasteiger partial charge in [0.05, 0.1) is 39.4 Å². The average Bonchev–Trinajstić information content (AvgIpc) is 3.10.